The molecule has 1 aromatic carbocycles. The summed E-state index contributed by atoms with van der Waals surface area (Å²) in [5, 5.41) is 23.7. The number of benzene rings is 1. The Hall–Kier alpha value is -3.01. The molecule has 124 valence electrons. The van der Waals surface area contributed by atoms with Crippen molar-refractivity contribution in [2.24, 2.45) is 5.73 Å². The lowest BCUT2D eigenvalue weighted by Gasteiger charge is -2.17. The van der Waals surface area contributed by atoms with Gasteiger partial charge in [0.05, 0.1) is 11.5 Å². The average Bonchev–Trinajstić information content (AvgIpc) is 2.52. The summed E-state index contributed by atoms with van der Waals surface area (Å²) in [6, 6.07) is 4.40. The zero-order chi connectivity index (χ0) is 17.4. The molecule has 0 radical (unpaired) electrons. The van der Waals surface area contributed by atoms with Crippen molar-refractivity contribution in [3.63, 3.8) is 0 Å². The number of nitrogens with two attached hydrogens (primary N) is 1. The van der Waals surface area contributed by atoms with Gasteiger partial charge in [-0.1, -0.05) is 12.1 Å². The van der Waals surface area contributed by atoms with Crippen molar-refractivity contribution in [1.82, 2.24) is 10.6 Å². The molecule has 0 aliphatic carbocycles. The molecule has 0 spiro atoms. The maximum absolute atomic E-state index is 11.9. The molecule has 2 amide bonds. The van der Waals surface area contributed by atoms with Crippen molar-refractivity contribution in [2.45, 2.75) is 12.5 Å². The zero-order valence-corrected chi connectivity index (χ0v) is 12.0. The van der Waals surface area contributed by atoms with Crippen molar-refractivity contribution < 1.29 is 24.4 Å². The van der Waals surface area contributed by atoms with Gasteiger partial charge in [-0.25, -0.2) is 0 Å². The zero-order valence-electron chi connectivity index (χ0n) is 12.0. The van der Waals surface area contributed by atoms with Crippen LogP contribution in [0, 0.1) is 10.1 Å². The molecule has 0 saturated carbocycles. The van der Waals surface area contributed by atoms with Crippen LogP contribution in [0.25, 0.3) is 0 Å². The average molecular weight is 324 g/mol. The van der Waals surface area contributed by atoms with E-state index in [0.717, 1.165) is 0 Å². The molecular weight excluding hydrogens is 308 g/mol. The summed E-state index contributed by atoms with van der Waals surface area (Å²) in [6.07, 6.45) is 0.0369. The maximum atomic E-state index is 11.9. The molecule has 0 aromatic heterocycles. The van der Waals surface area contributed by atoms with E-state index in [1.54, 1.807) is 0 Å². The lowest BCUT2D eigenvalue weighted by molar-refractivity contribution is -0.384. The van der Waals surface area contributed by atoms with Gasteiger partial charge in [0, 0.05) is 18.6 Å². The van der Waals surface area contributed by atoms with Crippen LogP contribution in [0.5, 0.6) is 0 Å². The summed E-state index contributed by atoms with van der Waals surface area (Å²) in [7, 11) is 0. The Morgan fingerprint density at radius 3 is 2.35 bits per heavy atom. The van der Waals surface area contributed by atoms with Crippen molar-refractivity contribution in [2.75, 3.05) is 13.1 Å². The Labute approximate surface area is 130 Å². The van der Waals surface area contributed by atoms with Gasteiger partial charge >= 0.3 is 5.97 Å². The van der Waals surface area contributed by atoms with Crippen molar-refractivity contribution in [3.8, 4) is 0 Å². The van der Waals surface area contributed by atoms with Crippen molar-refractivity contribution >= 4 is 23.5 Å². The number of aliphatic carboxylic acids is 1. The summed E-state index contributed by atoms with van der Waals surface area (Å²) in [6.45, 7) is -0.920. The number of non-ortho nitro benzene ring substituents is 1. The fourth-order valence-electron chi connectivity index (χ4n) is 1.74. The topological polar surface area (TPSA) is 165 Å². The Morgan fingerprint density at radius 1 is 1.26 bits per heavy atom. The van der Waals surface area contributed by atoms with Crippen LogP contribution >= 0.6 is 0 Å². The second kappa shape index (κ2) is 8.44. The van der Waals surface area contributed by atoms with E-state index in [1.165, 1.54) is 24.3 Å². The van der Waals surface area contributed by atoms with Gasteiger partial charge in [-0.05, 0) is 5.56 Å². The third kappa shape index (κ3) is 6.09. The van der Waals surface area contributed by atoms with Crippen LogP contribution < -0.4 is 16.4 Å². The molecule has 1 aromatic rings. The molecule has 0 saturated heterocycles. The van der Waals surface area contributed by atoms with Crippen LogP contribution in [0.4, 0.5) is 5.69 Å². The van der Waals surface area contributed by atoms with Crippen LogP contribution in [0.2, 0.25) is 0 Å². The molecule has 5 N–H and O–H groups in total. The third-order valence-electron chi connectivity index (χ3n) is 2.84. The number of nitro groups is 1. The quantitative estimate of drug-likeness (QED) is 0.343. The van der Waals surface area contributed by atoms with Crippen LogP contribution in [0.1, 0.15) is 5.56 Å². The number of carbonyl (C=O) groups is 3. The maximum Gasteiger partial charge on any atom is 0.322 e. The highest BCUT2D eigenvalue weighted by Crippen LogP contribution is 2.13. The smallest absolute Gasteiger partial charge is 0.322 e. The first kappa shape index (κ1) is 18.0. The first-order chi connectivity index (χ1) is 10.8. The molecular formula is C13H16N4O6. The highest BCUT2D eigenvalue weighted by atomic mass is 16.6. The number of amides is 2. The number of nitrogens with one attached hydrogen (secondary N) is 2. The summed E-state index contributed by atoms with van der Waals surface area (Å²) in [5.41, 5.74) is 5.63. The first-order valence-corrected chi connectivity index (χ1v) is 6.55. The van der Waals surface area contributed by atoms with E-state index in [2.05, 4.69) is 10.6 Å². The first-order valence-electron chi connectivity index (χ1n) is 6.55. The second-order valence-electron chi connectivity index (χ2n) is 4.56. The monoisotopic (exact) mass is 324 g/mol. The van der Waals surface area contributed by atoms with E-state index in [-0.39, 0.29) is 18.7 Å². The van der Waals surface area contributed by atoms with Gasteiger partial charge in [0.25, 0.3) is 5.69 Å². The third-order valence-corrected chi connectivity index (χ3v) is 2.84. The van der Waals surface area contributed by atoms with E-state index in [9.17, 15) is 24.5 Å². The van der Waals surface area contributed by atoms with Crippen LogP contribution in [-0.4, -0.2) is 46.9 Å². The fraction of sp³-hybridized carbons (Fsp3) is 0.308. The van der Waals surface area contributed by atoms with E-state index in [4.69, 9.17) is 10.8 Å². The summed E-state index contributed by atoms with van der Waals surface area (Å²) < 4.78 is 0. The molecule has 23 heavy (non-hydrogen) atoms. The minimum absolute atomic E-state index is 0.0369. The minimum atomic E-state index is -1.22. The van der Waals surface area contributed by atoms with Gasteiger partial charge < -0.3 is 21.5 Å². The number of hydrogen-bond acceptors (Lipinski definition) is 6. The van der Waals surface area contributed by atoms with Gasteiger partial charge in [-0.2, -0.15) is 0 Å². The summed E-state index contributed by atoms with van der Waals surface area (Å²) >= 11 is 0. The highest BCUT2D eigenvalue weighted by molar-refractivity contribution is 5.90. The predicted molar refractivity (Wildman–Crippen MR) is 78.4 cm³/mol. The molecule has 0 heterocycles. The van der Waals surface area contributed by atoms with Crippen LogP contribution in [0.3, 0.4) is 0 Å². The van der Waals surface area contributed by atoms with E-state index < -0.39 is 35.3 Å². The Kier molecular flexibility index (Phi) is 6.62. The number of nitro benzene ring substituents is 1. The number of carbonyl (C=O) groups excluding carboxylic acids is 2. The molecule has 0 unspecified atom stereocenters. The number of hydrogen-bond donors (Lipinski definition) is 4. The molecule has 0 aliphatic rings. The van der Waals surface area contributed by atoms with Crippen LogP contribution in [-0.2, 0) is 20.8 Å². The molecule has 1 rings (SSSR count). The summed E-state index contributed by atoms with van der Waals surface area (Å²) in [4.78, 5) is 43.8. The number of nitrogens with zero attached hydrogens (tertiary/aromatic N) is 1. The molecule has 0 bridgehead atoms. The number of rotatable bonds is 8. The summed E-state index contributed by atoms with van der Waals surface area (Å²) in [5.74, 6) is -2.49. The molecule has 10 heteroatoms. The lowest BCUT2D eigenvalue weighted by Crippen LogP contribution is -2.50. The SMILES string of the molecule is NCC(=O)N[C@@H](Cc1ccc([N+](=O)[O-])cc1)C(=O)NCC(=O)O. The van der Waals surface area contributed by atoms with Gasteiger partial charge in [0.2, 0.25) is 11.8 Å². The van der Waals surface area contributed by atoms with Crippen molar-refractivity contribution in [3.05, 3.63) is 39.9 Å². The Morgan fingerprint density at radius 2 is 1.87 bits per heavy atom. The lowest BCUT2D eigenvalue weighted by atomic mass is 10.0. The van der Waals surface area contributed by atoms with Gasteiger partial charge in [0.1, 0.15) is 12.6 Å². The largest absolute Gasteiger partial charge is 0.480 e. The van der Waals surface area contributed by atoms with Crippen molar-refractivity contribution in [1.29, 1.82) is 0 Å². The molecule has 1 atom stereocenters. The normalized spacial score (nSPS) is 11.3. The van der Waals surface area contributed by atoms with Gasteiger partial charge in [-0.15, -0.1) is 0 Å². The molecule has 0 aliphatic heterocycles. The van der Waals surface area contributed by atoms with E-state index in [0.29, 0.717) is 5.56 Å². The standard InChI is InChI=1S/C13H16N4O6/c14-6-11(18)16-10(13(21)15-7-12(19)20)5-8-1-3-9(4-2-8)17(22)23/h1-4,10H,5-7,14H2,(H,15,21)(H,16,18)(H,19,20)/t10-/m0/s1. The van der Waals surface area contributed by atoms with Crippen LogP contribution in [0.15, 0.2) is 24.3 Å². The second-order valence-corrected chi connectivity index (χ2v) is 4.56. The fourth-order valence-corrected chi connectivity index (χ4v) is 1.74. The molecule has 10 nitrogen and oxygen atoms in total. The molecule has 0 fully saturated rings. The highest BCUT2D eigenvalue weighted by Gasteiger charge is 2.21. The predicted octanol–water partition coefficient (Wildman–Crippen LogP) is -1.22. The number of carboxylic acids is 1. The Balaban J connectivity index is 2.82. The van der Waals surface area contributed by atoms with E-state index in [1.807, 2.05) is 0 Å². The van der Waals surface area contributed by atoms with Gasteiger partial charge in [-0.3, -0.25) is 24.5 Å². The number of carboxylic acid groups (broad SMARTS) is 1. The van der Waals surface area contributed by atoms with E-state index >= 15 is 0 Å². The van der Waals surface area contributed by atoms with Gasteiger partial charge in [0.15, 0.2) is 0 Å². The Bertz CT molecular complexity index is 601. The minimum Gasteiger partial charge on any atom is -0.480 e.